The Balaban J connectivity index is 2.03. The highest BCUT2D eigenvalue weighted by molar-refractivity contribution is 7.92. The average molecular weight is 548 g/mol. The summed E-state index contributed by atoms with van der Waals surface area (Å²) >= 11 is 12.3. The third kappa shape index (κ3) is 7.22. The van der Waals surface area contributed by atoms with Crippen LogP contribution >= 0.6 is 23.2 Å². The predicted octanol–water partition coefficient (Wildman–Crippen LogP) is 4.15. The molecule has 2 amide bonds. The zero-order valence-corrected chi connectivity index (χ0v) is 22.2. The van der Waals surface area contributed by atoms with Crippen molar-refractivity contribution in [3.05, 3.63) is 100 Å². The number of nitrogens with zero attached hydrogens (tertiary/aromatic N) is 2. The van der Waals surface area contributed by atoms with Gasteiger partial charge in [0.05, 0.1) is 17.0 Å². The van der Waals surface area contributed by atoms with Gasteiger partial charge in [0.15, 0.2) is 0 Å². The highest BCUT2D eigenvalue weighted by Crippen LogP contribution is 2.27. The van der Waals surface area contributed by atoms with Gasteiger partial charge in [0.2, 0.25) is 21.8 Å². The van der Waals surface area contributed by atoms with Gasteiger partial charge in [-0.3, -0.25) is 13.9 Å². The summed E-state index contributed by atoms with van der Waals surface area (Å²) in [6, 6.07) is 21.7. The van der Waals surface area contributed by atoms with Crippen LogP contribution in [0.4, 0.5) is 5.69 Å². The van der Waals surface area contributed by atoms with Gasteiger partial charge in [-0.2, -0.15) is 0 Å². The van der Waals surface area contributed by atoms with Gasteiger partial charge in [-0.05, 0) is 35.4 Å². The quantitative estimate of drug-likeness (QED) is 0.413. The first-order chi connectivity index (χ1) is 17.1. The summed E-state index contributed by atoms with van der Waals surface area (Å²) < 4.78 is 26.3. The maximum absolute atomic E-state index is 13.8. The summed E-state index contributed by atoms with van der Waals surface area (Å²) in [7, 11) is -2.38. The van der Waals surface area contributed by atoms with E-state index in [2.05, 4.69) is 5.32 Å². The molecule has 0 spiro atoms. The molecule has 0 heterocycles. The fourth-order valence-corrected chi connectivity index (χ4v) is 5.03. The van der Waals surface area contributed by atoms with Crippen molar-refractivity contribution in [2.24, 2.45) is 0 Å². The Hall–Kier alpha value is -3.07. The second-order valence-electron chi connectivity index (χ2n) is 8.19. The minimum atomic E-state index is -3.87. The van der Waals surface area contributed by atoms with Crippen LogP contribution in [0.15, 0.2) is 78.9 Å². The van der Waals surface area contributed by atoms with E-state index in [-0.39, 0.29) is 29.6 Å². The molecule has 3 aromatic carbocycles. The fraction of sp³-hybridized carbons (Fsp3) is 0.231. The van der Waals surface area contributed by atoms with Crippen LogP contribution in [0.2, 0.25) is 10.0 Å². The van der Waals surface area contributed by atoms with E-state index >= 15 is 0 Å². The lowest BCUT2D eigenvalue weighted by atomic mass is 10.0. The first kappa shape index (κ1) is 27.5. The van der Waals surface area contributed by atoms with Crippen molar-refractivity contribution in [3.63, 3.8) is 0 Å². The number of rotatable bonds is 10. The van der Waals surface area contributed by atoms with Crippen LogP contribution < -0.4 is 9.62 Å². The zero-order chi connectivity index (χ0) is 26.3. The minimum absolute atomic E-state index is 0.0705. The van der Waals surface area contributed by atoms with Crippen LogP contribution in [0.25, 0.3) is 0 Å². The molecule has 0 aliphatic heterocycles. The van der Waals surface area contributed by atoms with Crippen molar-refractivity contribution in [1.29, 1.82) is 0 Å². The minimum Gasteiger partial charge on any atom is -0.357 e. The molecule has 1 atom stereocenters. The SMILES string of the molecule is CNC(=O)[C@@H](Cc1ccccc1)N(Cc1ccc(Cl)cc1)C(=O)CN(c1ccccc1Cl)S(C)(=O)=O. The topological polar surface area (TPSA) is 86.8 Å². The molecule has 0 aromatic heterocycles. The number of para-hydroxylation sites is 1. The van der Waals surface area contributed by atoms with Crippen molar-refractivity contribution in [2.75, 3.05) is 24.2 Å². The summed E-state index contributed by atoms with van der Waals surface area (Å²) in [5, 5.41) is 3.35. The Labute approximate surface area is 221 Å². The number of hydrogen-bond donors (Lipinski definition) is 1. The number of sulfonamides is 1. The molecule has 0 bridgehead atoms. The third-order valence-corrected chi connectivity index (χ3v) is 7.28. The second kappa shape index (κ2) is 12.3. The Kier molecular flexibility index (Phi) is 9.37. The van der Waals surface area contributed by atoms with Gasteiger partial charge in [0, 0.05) is 25.0 Å². The molecular weight excluding hydrogens is 521 g/mol. The highest BCUT2D eigenvalue weighted by Gasteiger charge is 2.33. The maximum atomic E-state index is 13.8. The van der Waals surface area contributed by atoms with E-state index in [9.17, 15) is 18.0 Å². The average Bonchev–Trinajstić information content (AvgIpc) is 2.85. The summed E-state index contributed by atoms with van der Waals surface area (Å²) in [6.45, 7) is -0.459. The fourth-order valence-electron chi connectivity index (χ4n) is 3.76. The molecule has 10 heteroatoms. The third-order valence-electron chi connectivity index (χ3n) is 5.58. The van der Waals surface area contributed by atoms with Gasteiger partial charge in [-0.1, -0.05) is 77.8 Å². The van der Waals surface area contributed by atoms with E-state index in [1.54, 1.807) is 42.5 Å². The molecule has 0 saturated carbocycles. The molecule has 0 unspecified atom stereocenters. The normalized spacial score (nSPS) is 12.0. The maximum Gasteiger partial charge on any atom is 0.244 e. The van der Waals surface area contributed by atoms with Crippen LogP contribution in [-0.2, 0) is 32.6 Å². The summed E-state index contributed by atoms with van der Waals surface area (Å²) in [4.78, 5) is 28.2. The van der Waals surface area contributed by atoms with E-state index in [0.717, 1.165) is 21.7 Å². The van der Waals surface area contributed by atoms with Crippen molar-refractivity contribution >= 4 is 50.7 Å². The molecule has 36 heavy (non-hydrogen) atoms. The molecule has 7 nitrogen and oxygen atoms in total. The van der Waals surface area contributed by atoms with Crippen LogP contribution in [0, 0.1) is 0 Å². The first-order valence-electron chi connectivity index (χ1n) is 11.1. The Morgan fingerprint density at radius 2 is 1.50 bits per heavy atom. The lowest BCUT2D eigenvalue weighted by molar-refractivity contribution is -0.139. The van der Waals surface area contributed by atoms with Crippen molar-refractivity contribution in [3.8, 4) is 0 Å². The first-order valence-corrected chi connectivity index (χ1v) is 13.7. The number of benzene rings is 3. The standard InChI is InChI=1S/C26H27Cl2N3O4S/c1-29-26(33)24(16-19-8-4-3-5-9-19)30(17-20-12-14-21(27)15-13-20)25(32)18-31(36(2,34)35)23-11-7-6-10-22(23)28/h3-15,24H,16-18H2,1-2H3,(H,29,33)/t24-/m1/s1. The van der Waals surface area contributed by atoms with Gasteiger partial charge < -0.3 is 10.2 Å². The molecule has 190 valence electrons. The van der Waals surface area contributed by atoms with Crippen molar-refractivity contribution in [1.82, 2.24) is 10.2 Å². The predicted molar refractivity (Wildman–Crippen MR) is 144 cm³/mol. The van der Waals surface area contributed by atoms with Crippen LogP contribution in [0.5, 0.6) is 0 Å². The summed E-state index contributed by atoms with van der Waals surface area (Å²) in [6.07, 6.45) is 1.25. The Morgan fingerprint density at radius 1 is 0.889 bits per heavy atom. The molecular formula is C26H27Cl2N3O4S. The van der Waals surface area contributed by atoms with Crippen molar-refractivity contribution in [2.45, 2.75) is 19.0 Å². The van der Waals surface area contributed by atoms with Crippen LogP contribution in [0.1, 0.15) is 11.1 Å². The smallest absolute Gasteiger partial charge is 0.244 e. The number of amides is 2. The summed E-state index contributed by atoms with van der Waals surface area (Å²) in [5.41, 5.74) is 1.77. The number of hydrogen-bond acceptors (Lipinski definition) is 4. The lowest BCUT2D eigenvalue weighted by Gasteiger charge is -2.33. The van der Waals surface area contributed by atoms with E-state index in [4.69, 9.17) is 23.2 Å². The zero-order valence-electron chi connectivity index (χ0n) is 19.9. The number of carbonyl (C=O) groups excluding carboxylic acids is 2. The van der Waals surface area contributed by atoms with Gasteiger partial charge in [-0.25, -0.2) is 8.42 Å². The Bertz CT molecular complexity index is 1300. The number of nitrogens with one attached hydrogen (secondary N) is 1. The van der Waals surface area contributed by atoms with Gasteiger partial charge >= 0.3 is 0 Å². The van der Waals surface area contributed by atoms with Gasteiger partial charge in [0.25, 0.3) is 0 Å². The molecule has 0 aliphatic rings. The van der Waals surface area contributed by atoms with E-state index in [0.29, 0.717) is 5.02 Å². The molecule has 0 radical (unpaired) electrons. The Morgan fingerprint density at radius 3 is 2.08 bits per heavy atom. The van der Waals surface area contributed by atoms with Crippen molar-refractivity contribution < 1.29 is 18.0 Å². The molecule has 0 saturated heterocycles. The lowest BCUT2D eigenvalue weighted by Crippen LogP contribution is -2.52. The number of carbonyl (C=O) groups is 2. The molecule has 1 N–H and O–H groups in total. The number of anilines is 1. The largest absolute Gasteiger partial charge is 0.357 e. The number of likely N-dealkylation sites (N-methyl/N-ethyl adjacent to an activating group) is 1. The monoisotopic (exact) mass is 547 g/mol. The molecule has 3 rings (SSSR count). The van der Waals surface area contributed by atoms with E-state index in [1.807, 2.05) is 30.3 Å². The van der Waals surface area contributed by atoms with Gasteiger partial charge in [0.1, 0.15) is 12.6 Å². The van der Waals surface area contributed by atoms with E-state index in [1.165, 1.54) is 18.0 Å². The van der Waals surface area contributed by atoms with Gasteiger partial charge in [-0.15, -0.1) is 0 Å². The molecule has 0 aliphatic carbocycles. The second-order valence-corrected chi connectivity index (χ2v) is 10.9. The number of halogens is 2. The highest BCUT2D eigenvalue weighted by atomic mass is 35.5. The van der Waals surface area contributed by atoms with Crippen LogP contribution in [-0.4, -0.2) is 51.0 Å². The summed E-state index contributed by atoms with van der Waals surface area (Å²) in [5.74, 6) is -0.926. The molecule has 0 fully saturated rings. The van der Waals surface area contributed by atoms with E-state index < -0.39 is 28.5 Å². The molecule has 3 aromatic rings. The van der Waals surface area contributed by atoms with Crippen LogP contribution in [0.3, 0.4) is 0 Å².